The number of ether oxygens (including phenoxy) is 2. The lowest BCUT2D eigenvalue weighted by atomic mass is 10.2. The van der Waals surface area contributed by atoms with Crippen LogP contribution in [0.2, 0.25) is 0 Å². The zero-order valence-electron chi connectivity index (χ0n) is 17.6. The molecule has 0 aliphatic rings. The van der Waals surface area contributed by atoms with Gasteiger partial charge in [0.2, 0.25) is 0 Å². The molecule has 0 amide bonds. The summed E-state index contributed by atoms with van der Waals surface area (Å²) < 4.78 is 15.0. The highest BCUT2D eigenvalue weighted by Gasteiger charge is 2.18. The molecule has 0 saturated heterocycles. The molecule has 6 nitrogen and oxygen atoms in total. The molecule has 0 spiro atoms. The van der Waals surface area contributed by atoms with Crippen LogP contribution in [-0.4, -0.2) is 29.1 Å². The number of rotatable bonds is 7. The first-order chi connectivity index (χ1) is 14.8. The molecule has 0 aliphatic carbocycles. The Hall–Kier alpha value is -1.71. The highest BCUT2D eigenvalue weighted by Crippen LogP contribution is 2.42. The standard InChI is InChI=1S/C22H22Br3N3O3/c1-5-6-18-27-16-8-7-14(23)10-15(16)22(29)28(18)26-11-13-9-17(30-4)21(31-12(2)3)20(25)19(13)24/h7-12H,5-6H2,1-4H3. The van der Waals surface area contributed by atoms with Crippen LogP contribution in [-0.2, 0) is 6.42 Å². The molecule has 1 aromatic heterocycles. The van der Waals surface area contributed by atoms with Gasteiger partial charge in [0.15, 0.2) is 11.5 Å². The van der Waals surface area contributed by atoms with Crippen LogP contribution in [0.3, 0.4) is 0 Å². The Morgan fingerprint density at radius 2 is 1.94 bits per heavy atom. The van der Waals surface area contributed by atoms with E-state index in [2.05, 4.69) is 57.9 Å². The average Bonchev–Trinajstić information content (AvgIpc) is 2.73. The third-order valence-electron chi connectivity index (χ3n) is 4.39. The van der Waals surface area contributed by atoms with Crippen LogP contribution in [0.15, 0.2) is 47.6 Å². The highest BCUT2D eigenvalue weighted by atomic mass is 79.9. The second kappa shape index (κ2) is 10.3. The largest absolute Gasteiger partial charge is 0.493 e. The van der Waals surface area contributed by atoms with Gasteiger partial charge in [0.1, 0.15) is 5.82 Å². The Morgan fingerprint density at radius 3 is 2.58 bits per heavy atom. The van der Waals surface area contributed by atoms with Gasteiger partial charge in [0.05, 0.1) is 34.8 Å². The monoisotopic (exact) mass is 613 g/mol. The van der Waals surface area contributed by atoms with Gasteiger partial charge < -0.3 is 9.47 Å². The predicted molar refractivity (Wildman–Crippen MR) is 135 cm³/mol. The first kappa shape index (κ1) is 23.9. The Balaban J connectivity index is 2.15. The lowest BCUT2D eigenvalue weighted by molar-refractivity contribution is 0.228. The van der Waals surface area contributed by atoms with E-state index in [4.69, 9.17) is 9.47 Å². The zero-order chi connectivity index (χ0) is 22.7. The topological polar surface area (TPSA) is 65.7 Å². The molecule has 164 valence electrons. The molecule has 0 radical (unpaired) electrons. The van der Waals surface area contributed by atoms with Crippen molar-refractivity contribution < 1.29 is 9.47 Å². The summed E-state index contributed by atoms with van der Waals surface area (Å²) >= 11 is 10.6. The molecule has 0 aliphatic heterocycles. The van der Waals surface area contributed by atoms with Crippen molar-refractivity contribution in [2.45, 2.75) is 39.7 Å². The van der Waals surface area contributed by atoms with Crippen LogP contribution < -0.4 is 15.0 Å². The zero-order valence-corrected chi connectivity index (χ0v) is 22.3. The van der Waals surface area contributed by atoms with E-state index in [9.17, 15) is 4.79 Å². The van der Waals surface area contributed by atoms with Gasteiger partial charge in [0.25, 0.3) is 5.56 Å². The maximum atomic E-state index is 13.2. The third-order valence-corrected chi connectivity index (χ3v) is 7.03. The number of aryl methyl sites for hydroxylation is 1. The van der Waals surface area contributed by atoms with E-state index < -0.39 is 0 Å². The second-order valence-corrected chi connectivity index (χ2v) is 9.59. The van der Waals surface area contributed by atoms with Crippen LogP contribution in [0.25, 0.3) is 10.9 Å². The fourth-order valence-corrected chi connectivity index (χ4v) is 4.29. The van der Waals surface area contributed by atoms with Crippen molar-refractivity contribution in [3.05, 3.63) is 59.4 Å². The van der Waals surface area contributed by atoms with Gasteiger partial charge in [-0.25, -0.2) is 4.98 Å². The second-order valence-electron chi connectivity index (χ2n) is 7.09. The van der Waals surface area contributed by atoms with Crippen molar-refractivity contribution in [3.8, 4) is 11.5 Å². The van der Waals surface area contributed by atoms with E-state index in [1.165, 1.54) is 4.68 Å². The van der Waals surface area contributed by atoms with Crippen molar-refractivity contribution >= 4 is 64.9 Å². The summed E-state index contributed by atoms with van der Waals surface area (Å²) in [4.78, 5) is 17.8. The Bertz CT molecular complexity index is 1210. The minimum atomic E-state index is -0.215. The van der Waals surface area contributed by atoms with Gasteiger partial charge in [-0.1, -0.05) is 22.9 Å². The summed E-state index contributed by atoms with van der Waals surface area (Å²) in [6, 6.07) is 7.28. The number of nitrogens with zero attached hydrogens (tertiary/aromatic N) is 3. The summed E-state index contributed by atoms with van der Waals surface area (Å²) in [5.41, 5.74) is 1.17. The average molecular weight is 616 g/mol. The number of fused-ring (bicyclic) bond motifs is 1. The minimum absolute atomic E-state index is 0.0187. The molecule has 0 unspecified atom stereocenters. The number of benzene rings is 2. The maximum absolute atomic E-state index is 13.2. The van der Waals surface area contributed by atoms with Gasteiger partial charge in [-0.3, -0.25) is 4.79 Å². The van der Waals surface area contributed by atoms with Gasteiger partial charge in [0, 0.05) is 20.9 Å². The Kier molecular flexibility index (Phi) is 7.93. The van der Waals surface area contributed by atoms with E-state index in [0.717, 1.165) is 20.9 Å². The fourth-order valence-electron chi connectivity index (χ4n) is 3.01. The summed E-state index contributed by atoms with van der Waals surface area (Å²) in [7, 11) is 1.58. The molecule has 2 aromatic carbocycles. The fraction of sp³-hybridized carbons (Fsp3) is 0.318. The number of hydrogen-bond donors (Lipinski definition) is 0. The van der Waals surface area contributed by atoms with Crippen molar-refractivity contribution in [2.75, 3.05) is 7.11 Å². The van der Waals surface area contributed by atoms with Gasteiger partial charge in [-0.2, -0.15) is 9.78 Å². The van der Waals surface area contributed by atoms with Crippen LogP contribution in [0.5, 0.6) is 11.5 Å². The van der Waals surface area contributed by atoms with Crippen LogP contribution in [0.1, 0.15) is 38.6 Å². The molecule has 0 N–H and O–H groups in total. The van der Waals surface area contributed by atoms with E-state index in [1.807, 2.05) is 39.0 Å². The number of hydrogen-bond acceptors (Lipinski definition) is 5. The smallest absolute Gasteiger partial charge is 0.282 e. The van der Waals surface area contributed by atoms with E-state index in [-0.39, 0.29) is 11.7 Å². The summed E-state index contributed by atoms with van der Waals surface area (Å²) in [5.74, 6) is 1.77. The lowest BCUT2D eigenvalue weighted by Gasteiger charge is -2.17. The van der Waals surface area contributed by atoms with Crippen LogP contribution in [0, 0.1) is 0 Å². The molecule has 31 heavy (non-hydrogen) atoms. The normalized spacial score (nSPS) is 11.6. The Morgan fingerprint density at radius 1 is 1.19 bits per heavy atom. The number of methoxy groups -OCH3 is 1. The highest BCUT2D eigenvalue weighted by molar-refractivity contribution is 9.13. The first-order valence-corrected chi connectivity index (χ1v) is 12.1. The lowest BCUT2D eigenvalue weighted by Crippen LogP contribution is -2.22. The van der Waals surface area contributed by atoms with Crippen molar-refractivity contribution in [3.63, 3.8) is 0 Å². The number of halogens is 3. The maximum Gasteiger partial charge on any atom is 0.282 e. The van der Waals surface area contributed by atoms with Crippen molar-refractivity contribution in [1.82, 2.24) is 9.66 Å². The van der Waals surface area contributed by atoms with Gasteiger partial charge in [-0.15, -0.1) is 0 Å². The van der Waals surface area contributed by atoms with Crippen molar-refractivity contribution in [1.29, 1.82) is 0 Å². The molecule has 0 bridgehead atoms. The minimum Gasteiger partial charge on any atom is -0.493 e. The van der Waals surface area contributed by atoms with Crippen LogP contribution in [0.4, 0.5) is 0 Å². The molecule has 0 atom stereocenters. The SMILES string of the molecule is CCCc1nc2ccc(Br)cc2c(=O)n1N=Cc1cc(OC)c(OC(C)C)c(Br)c1Br. The molecule has 9 heteroatoms. The van der Waals surface area contributed by atoms with Crippen molar-refractivity contribution in [2.24, 2.45) is 5.10 Å². The molecular formula is C22H22Br3N3O3. The van der Waals surface area contributed by atoms with E-state index >= 15 is 0 Å². The van der Waals surface area contributed by atoms with Crippen LogP contribution >= 0.6 is 47.8 Å². The third kappa shape index (κ3) is 5.21. The first-order valence-electron chi connectivity index (χ1n) is 9.75. The molecule has 0 saturated carbocycles. The van der Waals surface area contributed by atoms with E-state index in [0.29, 0.717) is 39.1 Å². The molecule has 3 rings (SSSR count). The van der Waals surface area contributed by atoms with Gasteiger partial charge >= 0.3 is 0 Å². The summed E-state index contributed by atoms with van der Waals surface area (Å²) in [5, 5.41) is 5.00. The predicted octanol–water partition coefficient (Wildman–Crippen LogP) is 6.31. The van der Waals surface area contributed by atoms with E-state index in [1.54, 1.807) is 19.4 Å². The summed E-state index contributed by atoms with van der Waals surface area (Å²) in [6.07, 6.45) is 3.07. The molecule has 3 aromatic rings. The number of aromatic nitrogens is 2. The molecule has 1 heterocycles. The quantitative estimate of drug-likeness (QED) is 0.292. The molecule has 0 fully saturated rings. The summed E-state index contributed by atoms with van der Waals surface area (Å²) in [6.45, 7) is 5.93. The molecular weight excluding hydrogens is 594 g/mol. The Labute approximate surface area is 206 Å². The van der Waals surface area contributed by atoms with Gasteiger partial charge in [-0.05, 0) is 76.4 Å².